The summed E-state index contributed by atoms with van der Waals surface area (Å²) in [5.41, 5.74) is 1.16. The summed E-state index contributed by atoms with van der Waals surface area (Å²) < 4.78 is 5.58. The van der Waals surface area contributed by atoms with E-state index in [-0.39, 0.29) is 18.6 Å². The predicted octanol–water partition coefficient (Wildman–Crippen LogP) is 1.33. The lowest BCUT2D eigenvalue weighted by atomic mass is 10.1. The maximum absolute atomic E-state index is 12.2. The molecule has 4 heteroatoms. The van der Waals surface area contributed by atoms with Crippen LogP contribution < -0.4 is 5.32 Å². The summed E-state index contributed by atoms with van der Waals surface area (Å²) in [5, 5.41) is 11.6. The smallest absolute Gasteiger partial charge is 0.252 e. The Morgan fingerprint density at radius 3 is 3.00 bits per heavy atom. The van der Waals surface area contributed by atoms with E-state index in [0.29, 0.717) is 17.7 Å². The Kier molecular flexibility index (Phi) is 5.60. The molecule has 106 valence electrons. The van der Waals surface area contributed by atoms with Crippen molar-refractivity contribution in [1.29, 1.82) is 0 Å². The highest BCUT2D eigenvalue weighted by molar-refractivity contribution is 5.96. The third kappa shape index (κ3) is 4.09. The average Bonchev–Trinajstić information content (AvgIpc) is 2.52. The summed E-state index contributed by atoms with van der Waals surface area (Å²) in [6.45, 7) is 1.09. The van der Waals surface area contributed by atoms with Crippen molar-refractivity contribution >= 4 is 5.91 Å². The van der Waals surface area contributed by atoms with Gasteiger partial charge in [-0.2, -0.15) is 0 Å². The van der Waals surface area contributed by atoms with E-state index < -0.39 is 0 Å². The Bertz CT molecular complexity index is 510. The molecule has 1 aromatic rings. The van der Waals surface area contributed by atoms with Crippen molar-refractivity contribution in [3.05, 3.63) is 35.4 Å². The molecule has 4 nitrogen and oxygen atoms in total. The molecule has 1 unspecified atom stereocenters. The zero-order chi connectivity index (χ0) is 14.2. The maximum atomic E-state index is 12.2. The molecule has 0 bridgehead atoms. The van der Waals surface area contributed by atoms with E-state index in [4.69, 9.17) is 9.84 Å². The van der Waals surface area contributed by atoms with Gasteiger partial charge in [0.15, 0.2) is 0 Å². The van der Waals surface area contributed by atoms with Gasteiger partial charge in [0, 0.05) is 18.7 Å². The van der Waals surface area contributed by atoms with Crippen molar-refractivity contribution in [3.8, 4) is 11.8 Å². The monoisotopic (exact) mass is 273 g/mol. The first-order chi connectivity index (χ1) is 9.81. The minimum Gasteiger partial charge on any atom is -0.384 e. The van der Waals surface area contributed by atoms with Crippen molar-refractivity contribution in [2.45, 2.75) is 25.4 Å². The fourth-order valence-electron chi connectivity index (χ4n) is 2.20. The topological polar surface area (TPSA) is 58.6 Å². The van der Waals surface area contributed by atoms with Crippen LogP contribution in [0.15, 0.2) is 24.3 Å². The Balaban J connectivity index is 1.97. The molecule has 2 rings (SSSR count). The van der Waals surface area contributed by atoms with Crippen LogP contribution in [-0.4, -0.2) is 36.9 Å². The number of hydrogen-bond acceptors (Lipinski definition) is 3. The number of amides is 1. The van der Waals surface area contributed by atoms with Gasteiger partial charge in [-0.15, -0.1) is 0 Å². The molecule has 0 saturated carbocycles. The van der Waals surface area contributed by atoms with E-state index in [1.165, 1.54) is 0 Å². The van der Waals surface area contributed by atoms with Crippen molar-refractivity contribution < 1.29 is 14.6 Å². The molecule has 20 heavy (non-hydrogen) atoms. The number of rotatable bonds is 3. The molecule has 1 heterocycles. The molecular weight excluding hydrogens is 254 g/mol. The highest BCUT2D eigenvalue weighted by Gasteiger charge is 2.16. The third-order valence-corrected chi connectivity index (χ3v) is 3.24. The third-order valence-electron chi connectivity index (χ3n) is 3.24. The van der Waals surface area contributed by atoms with Crippen LogP contribution in [0.3, 0.4) is 0 Å². The van der Waals surface area contributed by atoms with Crippen LogP contribution in [0, 0.1) is 11.8 Å². The number of ether oxygens (including phenoxy) is 1. The molecule has 0 aliphatic carbocycles. The van der Waals surface area contributed by atoms with Crippen LogP contribution in [0.4, 0.5) is 0 Å². The highest BCUT2D eigenvalue weighted by Crippen LogP contribution is 2.12. The Morgan fingerprint density at radius 2 is 2.25 bits per heavy atom. The van der Waals surface area contributed by atoms with Gasteiger partial charge in [-0.3, -0.25) is 4.79 Å². The number of carbonyl (C=O) groups is 1. The minimum absolute atomic E-state index is 0.114. The van der Waals surface area contributed by atoms with Gasteiger partial charge in [0.1, 0.15) is 6.61 Å². The maximum Gasteiger partial charge on any atom is 0.252 e. The van der Waals surface area contributed by atoms with Gasteiger partial charge in [0.25, 0.3) is 5.91 Å². The van der Waals surface area contributed by atoms with E-state index in [2.05, 4.69) is 17.2 Å². The Morgan fingerprint density at radius 1 is 1.40 bits per heavy atom. The molecule has 1 atom stereocenters. The lowest BCUT2D eigenvalue weighted by Crippen LogP contribution is -2.35. The zero-order valence-corrected chi connectivity index (χ0v) is 11.4. The van der Waals surface area contributed by atoms with Gasteiger partial charge in [0.05, 0.1) is 11.7 Å². The van der Waals surface area contributed by atoms with Gasteiger partial charge < -0.3 is 15.2 Å². The molecule has 2 N–H and O–H groups in total. The molecule has 0 spiro atoms. The van der Waals surface area contributed by atoms with E-state index in [0.717, 1.165) is 25.9 Å². The van der Waals surface area contributed by atoms with Gasteiger partial charge in [-0.25, -0.2) is 0 Å². The van der Waals surface area contributed by atoms with Crippen LogP contribution in [0.5, 0.6) is 0 Å². The normalized spacial score (nSPS) is 17.9. The van der Waals surface area contributed by atoms with Gasteiger partial charge in [-0.05, 0) is 31.4 Å². The summed E-state index contributed by atoms with van der Waals surface area (Å²) in [6, 6.07) is 7.13. The summed E-state index contributed by atoms with van der Waals surface area (Å²) in [6.07, 6.45) is 3.36. The fourth-order valence-corrected chi connectivity index (χ4v) is 2.20. The van der Waals surface area contributed by atoms with Crippen molar-refractivity contribution in [1.82, 2.24) is 5.32 Å². The summed E-state index contributed by atoms with van der Waals surface area (Å²) in [7, 11) is 0. The summed E-state index contributed by atoms with van der Waals surface area (Å²) >= 11 is 0. The lowest BCUT2D eigenvalue weighted by molar-refractivity contribution is 0.0169. The number of hydrogen-bond donors (Lipinski definition) is 2. The number of aliphatic hydroxyl groups excluding tert-OH is 1. The number of nitrogens with one attached hydrogen (secondary N) is 1. The molecular formula is C16H19NO3. The quantitative estimate of drug-likeness (QED) is 0.817. The lowest BCUT2D eigenvalue weighted by Gasteiger charge is -2.22. The first-order valence-corrected chi connectivity index (χ1v) is 6.90. The molecule has 0 radical (unpaired) electrons. The van der Waals surface area contributed by atoms with Crippen LogP contribution >= 0.6 is 0 Å². The van der Waals surface area contributed by atoms with Gasteiger partial charge >= 0.3 is 0 Å². The molecule has 1 fully saturated rings. The summed E-state index contributed by atoms with van der Waals surface area (Å²) in [5.74, 6) is 5.20. The van der Waals surface area contributed by atoms with Crippen molar-refractivity contribution in [2.75, 3.05) is 19.8 Å². The van der Waals surface area contributed by atoms with E-state index in [9.17, 15) is 4.79 Å². The molecule has 1 aliphatic heterocycles. The SMILES string of the molecule is O=C(NCC1CCCCO1)c1ccccc1C#CCO. The number of aliphatic hydroxyl groups is 1. The average molecular weight is 273 g/mol. The molecule has 1 aliphatic rings. The molecule has 1 amide bonds. The second kappa shape index (κ2) is 7.68. The van der Waals surface area contributed by atoms with Crippen LogP contribution in [0.2, 0.25) is 0 Å². The van der Waals surface area contributed by atoms with Crippen molar-refractivity contribution in [2.24, 2.45) is 0 Å². The highest BCUT2D eigenvalue weighted by atomic mass is 16.5. The Labute approximate surface area is 119 Å². The number of benzene rings is 1. The van der Waals surface area contributed by atoms with Gasteiger partial charge in [0.2, 0.25) is 0 Å². The molecule has 1 saturated heterocycles. The first-order valence-electron chi connectivity index (χ1n) is 6.90. The Hall–Kier alpha value is -1.83. The van der Waals surface area contributed by atoms with Gasteiger partial charge in [-0.1, -0.05) is 24.0 Å². The summed E-state index contributed by atoms with van der Waals surface area (Å²) in [4.78, 5) is 12.2. The largest absolute Gasteiger partial charge is 0.384 e. The molecule has 0 aromatic heterocycles. The van der Waals surface area contributed by atoms with Crippen molar-refractivity contribution in [3.63, 3.8) is 0 Å². The fraction of sp³-hybridized carbons (Fsp3) is 0.438. The first kappa shape index (κ1) is 14.6. The van der Waals surface area contributed by atoms with Crippen LogP contribution in [0.1, 0.15) is 35.2 Å². The van der Waals surface area contributed by atoms with Crippen LogP contribution in [-0.2, 0) is 4.74 Å². The second-order valence-electron chi connectivity index (χ2n) is 4.70. The minimum atomic E-state index is -0.216. The standard InChI is InChI=1S/C16H19NO3/c18-10-5-7-13-6-1-2-9-15(13)16(19)17-12-14-8-3-4-11-20-14/h1-2,6,9,14,18H,3-4,8,10-12H2,(H,17,19). The second-order valence-corrected chi connectivity index (χ2v) is 4.70. The van der Waals surface area contributed by atoms with E-state index in [1.807, 2.05) is 6.07 Å². The van der Waals surface area contributed by atoms with E-state index in [1.54, 1.807) is 18.2 Å². The zero-order valence-electron chi connectivity index (χ0n) is 11.4. The van der Waals surface area contributed by atoms with Crippen LogP contribution in [0.25, 0.3) is 0 Å². The number of carbonyl (C=O) groups excluding carboxylic acids is 1. The van der Waals surface area contributed by atoms with E-state index >= 15 is 0 Å². The molecule has 1 aromatic carbocycles. The predicted molar refractivity (Wildman–Crippen MR) is 76.3 cm³/mol.